The van der Waals surface area contributed by atoms with E-state index in [-0.39, 0.29) is 0 Å². The maximum absolute atomic E-state index is 12.7. The summed E-state index contributed by atoms with van der Waals surface area (Å²) in [4.78, 5) is 0. The fraction of sp³-hybridized carbons (Fsp3) is 0.571. The third-order valence-electron chi connectivity index (χ3n) is 4.57. The van der Waals surface area contributed by atoms with Crippen LogP contribution in [0.15, 0.2) is 24.3 Å². The second kappa shape index (κ2) is 3.73. The predicted octanol–water partition coefficient (Wildman–Crippen LogP) is 3.68. The summed E-state index contributed by atoms with van der Waals surface area (Å²) < 4.78 is 38.1. The number of halogens is 3. The number of nitrogens with two attached hydrogens (primary N) is 1. The Morgan fingerprint density at radius 3 is 2.28 bits per heavy atom. The number of rotatable bonds is 1. The van der Waals surface area contributed by atoms with Gasteiger partial charge in [-0.05, 0) is 42.4 Å². The van der Waals surface area contributed by atoms with Gasteiger partial charge in [0, 0.05) is 5.54 Å². The highest BCUT2D eigenvalue weighted by Crippen LogP contribution is 2.62. The van der Waals surface area contributed by atoms with Crippen LogP contribution in [0.2, 0.25) is 0 Å². The lowest BCUT2D eigenvalue weighted by Crippen LogP contribution is -2.24. The van der Waals surface area contributed by atoms with E-state index < -0.39 is 17.3 Å². The van der Waals surface area contributed by atoms with Gasteiger partial charge >= 0.3 is 6.18 Å². The van der Waals surface area contributed by atoms with Crippen molar-refractivity contribution >= 4 is 0 Å². The maximum Gasteiger partial charge on any atom is 0.416 e. The lowest BCUT2D eigenvalue weighted by atomic mass is 9.99. The molecule has 1 aromatic carbocycles. The molecule has 4 heteroatoms. The molecule has 2 saturated carbocycles. The molecule has 0 aliphatic heterocycles. The number of hydrogen-bond donors (Lipinski definition) is 1. The molecule has 3 rings (SSSR count). The van der Waals surface area contributed by atoms with E-state index in [0.29, 0.717) is 17.4 Å². The minimum atomic E-state index is -4.29. The van der Waals surface area contributed by atoms with E-state index >= 15 is 0 Å². The van der Waals surface area contributed by atoms with Crippen molar-refractivity contribution in [2.45, 2.75) is 37.4 Å². The van der Waals surface area contributed by atoms with Crippen molar-refractivity contribution in [3.05, 3.63) is 35.4 Å². The summed E-state index contributed by atoms with van der Waals surface area (Å²) in [6.07, 6.45) is 0.124. The first kappa shape index (κ1) is 12.0. The molecule has 2 aliphatic carbocycles. The Morgan fingerprint density at radius 2 is 1.72 bits per heavy atom. The minimum Gasteiger partial charge on any atom is -0.321 e. The molecule has 0 bridgehead atoms. The molecule has 18 heavy (non-hydrogen) atoms. The van der Waals surface area contributed by atoms with Gasteiger partial charge in [0.05, 0.1) is 5.56 Å². The van der Waals surface area contributed by atoms with Crippen molar-refractivity contribution in [3.8, 4) is 0 Å². The van der Waals surface area contributed by atoms with Crippen LogP contribution in [0, 0.1) is 11.8 Å². The second-order valence-electron chi connectivity index (χ2n) is 5.51. The van der Waals surface area contributed by atoms with Crippen molar-refractivity contribution in [1.82, 2.24) is 0 Å². The van der Waals surface area contributed by atoms with E-state index in [1.54, 1.807) is 6.07 Å². The van der Waals surface area contributed by atoms with Gasteiger partial charge in [-0.3, -0.25) is 0 Å². The quantitative estimate of drug-likeness (QED) is 0.814. The highest BCUT2D eigenvalue weighted by molar-refractivity contribution is 5.38. The van der Waals surface area contributed by atoms with Crippen LogP contribution in [0.3, 0.4) is 0 Å². The number of alkyl halides is 3. The molecule has 0 aromatic heterocycles. The number of fused-ring (bicyclic) bond motifs is 1. The maximum atomic E-state index is 12.7. The Bertz CT molecular complexity index is 454. The van der Waals surface area contributed by atoms with E-state index in [0.717, 1.165) is 31.7 Å². The molecule has 98 valence electrons. The summed E-state index contributed by atoms with van der Waals surface area (Å²) in [5.74, 6) is 0.768. The van der Waals surface area contributed by atoms with Gasteiger partial charge in [0.15, 0.2) is 0 Å². The van der Waals surface area contributed by atoms with E-state index in [1.165, 1.54) is 12.1 Å². The number of hydrogen-bond acceptors (Lipinski definition) is 1. The lowest BCUT2D eigenvalue weighted by Gasteiger charge is -2.15. The Balaban J connectivity index is 1.94. The summed E-state index contributed by atoms with van der Waals surface area (Å²) in [6, 6.07) is 5.56. The predicted molar refractivity (Wildman–Crippen MR) is 62.8 cm³/mol. The van der Waals surface area contributed by atoms with E-state index in [9.17, 15) is 13.2 Å². The summed E-state index contributed by atoms with van der Waals surface area (Å²) >= 11 is 0. The molecule has 0 heterocycles. The second-order valence-corrected chi connectivity index (χ2v) is 5.51. The summed E-state index contributed by atoms with van der Waals surface area (Å²) in [5.41, 5.74) is 5.93. The van der Waals surface area contributed by atoms with Crippen LogP contribution in [-0.2, 0) is 11.7 Å². The lowest BCUT2D eigenvalue weighted by molar-refractivity contribution is -0.137. The Kier molecular flexibility index (Phi) is 2.49. The number of benzene rings is 1. The first-order chi connectivity index (χ1) is 8.44. The van der Waals surface area contributed by atoms with Gasteiger partial charge in [0.2, 0.25) is 0 Å². The van der Waals surface area contributed by atoms with Crippen LogP contribution in [0.1, 0.15) is 36.8 Å². The third kappa shape index (κ3) is 1.66. The van der Waals surface area contributed by atoms with Crippen LogP contribution < -0.4 is 5.73 Å². The van der Waals surface area contributed by atoms with Gasteiger partial charge in [-0.25, -0.2) is 0 Å². The SMILES string of the molecule is NC1(c2cccc(C(F)(F)F)c2)C2CCCCC21. The highest BCUT2D eigenvalue weighted by Gasteiger charge is 2.62. The summed E-state index contributed by atoms with van der Waals surface area (Å²) in [7, 11) is 0. The van der Waals surface area contributed by atoms with Crippen LogP contribution >= 0.6 is 0 Å². The largest absolute Gasteiger partial charge is 0.416 e. The molecule has 2 atom stereocenters. The highest BCUT2D eigenvalue weighted by atomic mass is 19.4. The van der Waals surface area contributed by atoms with Gasteiger partial charge in [0.25, 0.3) is 0 Å². The molecular weight excluding hydrogens is 239 g/mol. The zero-order chi connectivity index (χ0) is 13.0. The van der Waals surface area contributed by atoms with E-state index in [2.05, 4.69) is 0 Å². The monoisotopic (exact) mass is 255 g/mol. The summed E-state index contributed by atoms with van der Waals surface area (Å²) in [6.45, 7) is 0. The van der Waals surface area contributed by atoms with E-state index in [1.807, 2.05) is 0 Å². The molecule has 0 saturated heterocycles. The smallest absolute Gasteiger partial charge is 0.321 e. The minimum absolute atomic E-state index is 0.384. The Labute approximate surface area is 104 Å². The van der Waals surface area contributed by atoms with Gasteiger partial charge in [-0.1, -0.05) is 25.0 Å². The van der Waals surface area contributed by atoms with Crippen LogP contribution in [0.4, 0.5) is 13.2 Å². The Morgan fingerprint density at radius 1 is 1.11 bits per heavy atom. The molecule has 1 nitrogen and oxygen atoms in total. The molecule has 2 aliphatic rings. The van der Waals surface area contributed by atoms with Gasteiger partial charge in [0.1, 0.15) is 0 Å². The van der Waals surface area contributed by atoms with Gasteiger partial charge in [-0.2, -0.15) is 13.2 Å². The fourth-order valence-electron chi connectivity index (χ4n) is 3.56. The van der Waals surface area contributed by atoms with Crippen LogP contribution in [0.5, 0.6) is 0 Å². The van der Waals surface area contributed by atoms with Gasteiger partial charge in [-0.15, -0.1) is 0 Å². The molecule has 2 N–H and O–H groups in total. The first-order valence-corrected chi connectivity index (χ1v) is 6.40. The fourth-order valence-corrected chi connectivity index (χ4v) is 3.56. The topological polar surface area (TPSA) is 26.0 Å². The standard InChI is InChI=1S/C14H16F3N/c15-14(16,17)10-5-3-4-9(8-10)13(18)11-6-1-2-7-12(11)13/h3-5,8,11-12H,1-2,6-7,18H2. The normalized spacial score (nSPS) is 35.1. The van der Waals surface area contributed by atoms with Crippen molar-refractivity contribution < 1.29 is 13.2 Å². The molecular formula is C14H16F3N. The van der Waals surface area contributed by atoms with Crippen LogP contribution in [0.25, 0.3) is 0 Å². The van der Waals surface area contributed by atoms with Gasteiger partial charge < -0.3 is 5.73 Å². The molecule has 2 fully saturated rings. The summed E-state index contributed by atoms with van der Waals surface area (Å²) in [5, 5.41) is 0. The average Bonchev–Trinajstić information content (AvgIpc) is 2.97. The zero-order valence-electron chi connectivity index (χ0n) is 10.0. The van der Waals surface area contributed by atoms with Crippen LogP contribution in [-0.4, -0.2) is 0 Å². The zero-order valence-corrected chi connectivity index (χ0v) is 10.0. The molecule has 2 unspecified atom stereocenters. The van der Waals surface area contributed by atoms with Crippen molar-refractivity contribution in [1.29, 1.82) is 0 Å². The average molecular weight is 255 g/mol. The van der Waals surface area contributed by atoms with Crippen molar-refractivity contribution in [2.75, 3.05) is 0 Å². The Hall–Kier alpha value is -1.03. The third-order valence-corrected chi connectivity index (χ3v) is 4.57. The molecule has 0 spiro atoms. The molecule has 0 radical (unpaired) electrons. The molecule has 0 amide bonds. The van der Waals surface area contributed by atoms with Crippen molar-refractivity contribution in [2.24, 2.45) is 17.6 Å². The molecule has 1 aromatic rings. The first-order valence-electron chi connectivity index (χ1n) is 6.40. The van der Waals surface area contributed by atoms with E-state index in [4.69, 9.17) is 5.73 Å². The van der Waals surface area contributed by atoms with Crippen molar-refractivity contribution in [3.63, 3.8) is 0 Å².